The van der Waals surface area contributed by atoms with Gasteiger partial charge in [-0.15, -0.1) is 0 Å². The molecule has 84 valence electrons. The Labute approximate surface area is 103 Å². The van der Waals surface area contributed by atoms with E-state index in [0.29, 0.717) is 0 Å². The van der Waals surface area contributed by atoms with Crippen LogP contribution in [-0.2, 0) is 4.79 Å². The lowest BCUT2D eigenvalue weighted by atomic mass is 10.2. The number of aryl methyl sites for hydroxylation is 1. The number of aliphatic carboxylic acids is 1. The van der Waals surface area contributed by atoms with Crippen LogP contribution in [0.5, 0.6) is 0 Å². The number of rotatable bonds is 2. The average Bonchev–Trinajstić information content (AvgIpc) is 2.13. The molecule has 5 heteroatoms. The van der Waals surface area contributed by atoms with Crippen molar-refractivity contribution in [2.75, 3.05) is 13.6 Å². The van der Waals surface area contributed by atoms with Gasteiger partial charge in [-0.05, 0) is 37.7 Å². The molecule has 3 nitrogen and oxygen atoms in total. The molecule has 2 N–H and O–H groups in total. The molecule has 0 saturated carbocycles. The molecule has 0 aliphatic heterocycles. The molecule has 0 unspecified atom stereocenters. The lowest BCUT2D eigenvalue weighted by Crippen LogP contribution is -2.16. The van der Waals surface area contributed by atoms with Crippen molar-refractivity contribution in [1.29, 1.82) is 0 Å². The second-order valence-corrected chi connectivity index (χ2v) is 4.11. The van der Waals surface area contributed by atoms with Crippen molar-refractivity contribution < 1.29 is 9.90 Å². The van der Waals surface area contributed by atoms with Crippen LogP contribution in [0.2, 0.25) is 5.02 Å². The van der Waals surface area contributed by atoms with Crippen LogP contribution in [0.1, 0.15) is 5.56 Å². The maximum absolute atomic E-state index is 9.54. The zero-order chi connectivity index (χ0) is 11.8. The van der Waals surface area contributed by atoms with Gasteiger partial charge in [0.15, 0.2) is 0 Å². The molecule has 1 aromatic carbocycles. The van der Waals surface area contributed by atoms with E-state index in [2.05, 4.69) is 21.2 Å². The van der Waals surface area contributed by atoms with Gasteiger partial charge in [-0.1, -0.05) is 27.5 Å². The van der Waals surface area contributed by atoms with E-state index in [0.717, 1.165) is 9.50 Å². The molecule has 0 bridgehead atoms. The van der Waals surface area contributed by atoms with Gasteiger partial charge in [-0.25, -0.2) is 0 Å². The molecule has 0 spiro atoms. The summed E-state index contributed by atoms with van der Waals surface area (Å²) in [5.41, 5.74) is 1.17. The van der Waals surface area contributed by atoms with Gasteiger partial charge in [-0.3, -0.25) is 4.79 Å². The van der Waals surface area contributed by atoms with Crippen LogP contribution in [0.4, 0.5) is 0 Å². The Kier molecular flexibility index (Phi) is 7.38. The number of nitrogens with one attached hydrogen (secondary N) is 1. The van der Waals surface area contributed by atoms with E-state index < -0.39 is 5.97 Å². The first-order chi connectivity index (χ1) is 6.97. The van der Waals surface area contributed by atoms with Gasteiger partial charge < -0.3 is 10.4 Å². The van der Waals surface area contributed by atoms with Gasteiger partial charge in [0.05, 0.1) is 6.54 Å². The number of hydrogen-bond donors (Lipinski definition) is 2. The van der Waals surface area contributed by atoms with Gasteiger partial charge in [0, 0.05) is 9.50 Å². The summed E-state index contributed by atoms with van der Waals surface area (Å²) in [7, 11) is 1.59. The number of carboxylic acids is 1. The normalized spacial score (nSPS) is 9.07. The molecule has 0 fully saturated rings. The molecule has 15 heavy (non-hydrogen) atoms. The Hall–Kier alpha value is -0.580. The number of likely N-dealkylation sites (N-methyl/N-ethyl adjacent to an activating group) is 1. The summed E-state index contributed by atoms with van der Waals surface area (Å²) in [6.07, 6.45) is 0. The van der Waals surface area contributed by atoms with E-state index in [1.54, 1.807) is 7.05 Å². The smallest absolute Gasteiger partial charge is 0.317 e. The Balaban J connectivity index is 0.000000288. The Morgan fingerprint density at radius 1 is 1.60 bits per heavy atom. The van der Waals surface area contributed by atoms with E-state index in [-0.39, 0.29) is 6.54 Å². The van der Waals surface area contributed by atoms with Crippen molar-refractivity contribution in [3.05, 3.63) is 33.3 Å². The third-order valence-electron chi connectivity index (χ3n) is 1.45. The topological polar surface area (TPSA) is 49.3 Å². The van der Waals surface area contributed by atoms with E-state index in [1.165, 1.54) is 5.56 Å². The maximum atomic E-state index is 9.54. The molecular weight excluding hydrogens is 281 g/mol. The number of carbonyl (C=O) groups is 1. The Morgan fingerprint density at radius 2 is 2.20 bits per heavy atom. The average molecular weight is 295 g/mol. The van der Waals surface area contributed by atoms with Crippen LogP contribution < -0.4 is 5.32 Å². The van der Waals surface area contributed by atoms with Crippen molar-refractivity contribution in [2.45, 2.75) is 6.92 Å². The summed E-state index contributed by atoms with van der Waals surface area (Å²) in [6, 6.07) is 5.72. The zero-order valence-corrected chi connectivity index (χ0v) is 10.9. The SMILES string of the molecule is CNCC(=O)O.Cc1cc(Cl)ccc1Br. The zero-order valence-electron chi connectivity index (χ0n) is 8.55. The number of carboxylic acid groups (broad SMARTS) is 1. The van der Waals surface area contributed by atoms with E-state index in [4.69, 9.17) is 16.7 Å². The number of hydrogen-bond acceptors (Lipinski definition) is 2. The first-order valence-corrected chi connectivity index (χ1v) is 5.42. The van der Waals surface area contributed by atoms with Crippen LogP contribution in [0.3, 0.4) is 0 Å². The van der Waals surface area contributed by atoms with Crippen LogP contribution in [-0.4, -0.2) is 24.7 Å². The Bertz CT molecular complexity index is 331. The first-order valence-electron chi connectivity index (χ1n) is 4.25. The predicted molar refractivity (Wildman–Crippen MR) is 65.5 cm³/mol. The van der Waals surface area contributed by atoms with E-state index in [9.17, 15) is 4.79 Å². The third kappa shape index (κ3) is 7.36. The van der Waals surface area contributed by atoms with Gasteiger partial charge in [0.25, 0.3) is 0 Å². The second-order valence-electron chi connectivity index (χ2n) is 2.82. The summed E-state index contributed by atoms with van der Waals surface area (Å²) in [5.74, 6) is -0.822. The lowest BCUT2D eigenvalue weighted by molar-refractivity contribution is -0.135. The summed E-state index contributed by atoms with van der Waals surface area (Å²) in [4.78, 5) is 9.54. The summed E-state index contributed by atoms with van der Waals surface area (Å²) in [6.45, 7) is 2.05. The minimum atomic E-state index is -0.822. The molecule has 0 atom stereocenters. The fourth-order valence-electron chi connectivity index (χ4n) is 0.759. The van der Waals surface area contributed by atoms with E-state index in [1.807, 2.05) is 25.1 Å². The highest BCUT2D eigenvalue weighted by Gasteiger charge is 1.92. The molecule has 0 aromatic heterocycles. The van der Waals surface area contributed by atoms with Gasteiger partial charge >= 0.3 is 5.97 Å². The third-order valence-corrected chi connectivity index (χ3v) is 2.57. The van der Waals surface area contributed by atoms with Gasteiger partial charge in [-0.2, -0.15) is 0 Å². The minimum Gasteiger partial charge on any atom is -0.480 e. The van der Waals surface area contributed by atoms with E-state index >= 15 is 0 Å². The molecule has 1 rings (SSSR count). The first kappa shape index (κ1) is 14.4. The molecule has 0 aliphatic rings. The second kappa shape index (κ2) is 7.68. The summed E-state index contributed by atoms with van der Waals surface area (Å²) >= 11 is 9.07. The fourth-order valence-corrected chi connectivity index (χ4v) is 1.23. The molecule has 0 amide bonds. The predicted octanol–water partition coefficient (Wildman–Crippen LogP) is 2.70. The van der Waals surface area contributed by atoms with Crippen LogP contribution in [0.15, 0.2) is 22.7 Å². The molecule has 0 aliphatic carbocycles. The van der Waals surface area contributed by atoms with Crippen LogP contribution in [0, 0.1) is 6.92 Å². The quantitative estimate of drug-likeness (QED) is 0.882. The molecule has 0 heterocycles. The minimum absolute atomic E-state index is 0.0417. The summed E-state index contributed by atoms with van der Waals surface area (Å²) in [5, 5.41) is 11.1. The van der Waals surface area contributed by atoms with Crippen molar-refractivity contribution in [2.24, 2.45) is 0 Å². The highest BCUT2D eigenvalue weighted by atomic mass is 79.9. The van der Waals surface area contributed by atoms with Crippen LogP contribution in [0.25, 0.3) is 0 Å². The molecular formula is C10H13BrClNO2. The molecule has 0 radical (unpaired) electrons. The van der Waals surface area contributed by atoms with Crippen molar-refractivity contribution in [3.63, 3.8) is 0 Å². The van der Waals surface area contributed by atoms with Crippen molar-refractivity contribution >= 4 is 33.5 Å². The summed E-state index contributed by atoms with van der Waals surface area (Å²) < 4.78 is 1.10. The Morgan fingerprint density at radius 3 is 2.47 bits per heavy atom. The fraction of sp³-hybridized carbons (Fsp3) is 0.300. The molecule has 0 saturated heterocycles. The monoisotopic (exact) mass is 293 g/mol. The number of benzene rings is 1. The lowest BCUT2D eigenvalue weighted by Gasteiger charge is -1.95. The highest BCUT2D eigenvalue weighted by Crippen LogP contribution is 2.19. The largest absolute Gasteiger partial charge is 0.480 e. The molecule has 1 aromatic rings. The van der Waals surface area contributed by atoms with Gasteiger partial charge in [0.1, 0.15) is 0 Å². The van der Waals surface area contributed by atoms with Crippen molar-refractivity contribution in [1.82, 2.24) is 5.32 Å². The highest BCUT2D eigenvalue weighted by molar-refractivity contribution is 9.10. The maximum Gasteiger partial charge on any atom is 0.317 e. The van der Waals surface area contributed by atoms with Gasteiger partial charge in [0.2, 0.25) is 0 Å². The van der Waals surface area contributed by atoms with Crippen LogP contribution >= 0.6 is 27.5 Å². The van der Waals surface area contributed by atoms with Crippen molar-refractivity contribution in [3.8, 4) is 0 Å². The standard InChI is InChI=1S/C7H6BrCl.C3H7NO2/c1-5-4-6(9)2-3-7(5)8;1-4-2-3(5)6/h2-4H,1H3;4H,2H2,1H3,(H,5,6). The number of halogens is 2.